The van der Waals surface area contributed by atoms with Crippen molar-refractivity contribution in [2.75, 3.05) is 39.8 Å². The minimum absolute atomic E-state index is 0.0183. The molecule has 22 heavy (non-hydrogen) atoms. The molecule has 4 nitrogen and oxygen atoms in total. The van der Waals surface area contributed by atoms with Gasteiger partial charge in [0.2, 0.25) is 0 Å². The molecule has 2 rings (SSSR count). The maximum absolute atomic E-state index is 12.1. The smallest absolute Gasteiger partial charge is 0.251 e. The fraction of sp³-hybridized carbons (Fsp3) is 0.500. The average Bonchev–Trinajstić information content (AvgIpc) is 2.54. The van der Waals surface area contributed by atoms with Crippen molar-refractivity contribution in [3.8, 4) is 0 Å². The second-order valence-electron chi connectivity index (χ2n) is 5.89. The number of likely N-dealkylation sites (N-methyl/N-ethyl adjacent to an activating group) is 1. The van der Waals surface area contributed by atoms with Crippen LogP contribution in [0.25, 0.3) is 0 Å². The molecule has 1 fully saturated rings. The molecule has 0 bridgehead atoms. The van der Waals surface area contributed by atoms with Crippen LogP contribution in [0.15, 0.2) is 36.4 Å². The molecule has 1 aliphatic heterocycles. The van der Waals surface area contributed by atoms with Gasteiger partial charge >= 0.3 is 0 Å². The number of hydrogen-bond acceptors (Lipinski definition) is 3. The van der Waals surface area contributed by atoms with Crippen molar-refractivity contribution >= 4 is 5.91 Å². The molecular weight excluding hydrogens is 274 g/mol. The van der Waals surface area contributed by atoms with E-state index in [1.807, 2.05) is 31.2 Å². The zero-order chi connectivity index (χ0) is 15.8. The van der Waals surface area contributed by atoms with Crippen LogP contribution in [-0.4, -0.2) is 55.5 Å². The SMILES string of the molecule is C/C=C/CCNC(=O)c1cccc(CN2CCN(C)CC2)c1. The van der Waals surface area contributed by atoms with Crippen LogP contribution in [0.3, 0.4) is 0 Å². The molecule has 1 saturated heterocycles. The number of hydrogen-bond donors (Lipinski definition) is 1. The highest BCUT2D eigenvalue weighted by molar-refractivity contribution is 5.94. The van der Waals surface area contributed by atoms with Crippen molar-refractivity contribution in [3.63, 3.8) is 0 Å². The molecule has 4 heteroatoms. The zero-order valence-electron chi connectivity index (χ0n) is 13.7. The van der Waals surface area contributed by atoms with E-state index >= 15 is 0 Å². The second-order valence-corrected chi connectivity index (χ2v) is 5.89. The minimum Gasteiger partial charge on any atom is -0.352 e. The number of amides is 1. The summed E-state index contributed by atoms with van der Waals surface area (Å²) >= 11 is 0. The molecule has 1 aliphatic rings. The fourth-order valence-corrected chi connectivity index (χ4v) is 2.61. The first-order valence-electron chi connectivity index (χ1n) is 8.08. The monoisotopic (exact) mass is 301 g/mol. The quantitative estimate of drug-likeness (QED) is 0.646. The number of allylic oxidation sites excluding steroid dienone is 1. The minimum atomic E-state index is 0.0183. The van der Waals surface area contributed by atoms with Crippen LogP contribution < -0.4 is 5.32 Å². The van der Waals surface area contributed by atoms with E-state index < -0.39 is 0 Å². The Kier molecular flexibility index (Phi) is 6.62. The van der Waals surface area contributed by atoms with Gasteiger partial charge in [0, 0.05) is 44.8 Å². The van der Waals surface area contributed by atoms with Crippen LogP contribution in [0.1, 0.15) is 29.3 Å². The van der Waals surface area contributed by atoms with Gasteiger partial charge in [-0.25, -0.2) is 0 Å². The van der Waals surface area contributed by atoms with E-state index in [1.165, 1.54) is 5.56 Å². The lowest BCUT2D eigenvalue weighted by atomic mass is 10.1. The van der Waals surface area contributed by atoms with E-state index in [1.54, 1.807) is 0 Å². The highest BCUT2D eigenvalue weighted by Gasteiger charge is 2.14. The molecule has 0 atom stereocenters. The van der Waals surface area contributed by atoms with Gasteiger partial charge in [0.05, 0.1) is 0 Å². The summed E-state index contributed by atoms with van der Waals surface area (Å²) < 4.78 is 0. The van der Waals surface area contributed by atoms with Gasteiger partial charge in [-0.2, -0.15) is 0 Å². The van der Waals surface area contributed by atoms with Gasteiger partial charge in [-0.3, -0.25) is 9.69 Å². The number of carbonyl (C=O) groups excluding carboxylic acids is 1. The highest BCUT2D eigenvalue weighted by atomic mass is 16.1. The number of benzene rings is 1. The highest BCUT2D eigenvalue weighted by Crippen LogP contribution is 2.10. The fourth-order valence-electron chi connectivity index (χ4n) is 2.61. The summed E-state index contributed by atoms with van der Waals surface area (Å²) in [6.45, 7) is 8.02. The molecule has 1 heterocycles. The number of carbonyl (C=O) groups is 1. The molecule has 0 radical (unpaired) electrons. The van der Waals surface area contributed by atoms with E-state index in [9.17, 15) is 4.79 Å². The Morgan fingerprint density at radius 1 is 1.27 bits per heavy atom. The van der Waals surface area contributed by atoms with Crippen molar-refractivity contribution in [2.24, 2.45) is 0 Å². The van der Waals surface area contributed by atoms with Crippen molar-refractivity contribution in [1.82, 2.24) is 15.1 Å². The lowest BCUT2D eigenvalue weighted by Crippen LogP contribution is -2.43. The molecule has 0 aromatic heterocycles. The summed E-state index contributed by atoms with van der Waals surface area (Å²) in [6.07, 6.45) is 4.94. The van der Waals surface area contributed by atoms with E-state index in [0.717, 1.165) is 44.7 Å². The van der Waals surface area contributed by atoms with Gasteiger partial charge in [0.1, 0.15) is 0 Å². The Hall–Kier alpha value is -1.65. The Balaban J connectivity index is 1.87. The third-order valence-corrected chi connectivity index (χ3v) is 4.02. The summed E-state index contributed by atoms with van der Waals surface area (Å²) in [5.41, 5.74) is 1.97. The summed E-state index contributed by atoms with van der Waals surface area (Å²) in [5, 5.41) is 2.96. The van der Waals surface area contributed by atoms with Crippen LogP contribution in [0.4, 0.5) is 0 Å². The molecule has 1 amide bonds. The standard InChI is InChI=1S/C18H27N3O/c1-3-4-5-9-19-18(22)17-8-6-7-16(14-17)15-21-12-10-20(2)11-13-21/h3-4,6-8,14H,5,9-13,15H2,1-2H3,(H,19,22)/b4-3+. The summed E-state index contributed by atoms with van der Waals surface area (Å²) in [7, 11) is 2.16. The van der Waals surface area contributed by atoms with E-state index in [0.29, 0.717) is 6.54 Å². The molecule has 0 saturated carbocycles. The first-order chi connectivity index (χ1) is 10.7. The summed E-state index contributed by atoms with van der Waals surface area (Å²) in [4.78, 5) is 16.9. The summed E-state index contributed by atoms with van der Waals surface area (Å²) in [5.74, 6) is 0.0183. The van der Waals surface area contributed by atoms with Gasteiger partial charge in [0.25, 0.3) is 5.91 Å². The van der Waals surface area contributed by atoms with E-state index in [4.69, 9.17) is 0 Å². The molecular formula is C18H27N3O. The normalized spacial score (nSPS) is 17.0. The molecule has 120 valence electrons. The molecule has 1 aromatic rings. The predicted molar refractivity (Wildman–Crippen MR) is 91.0 cm³/mol. The van der Waals surface area contributed by atoms with Gasteiger partial charge < -0.3 is 10.2 Å². The van der Waals surface area contributed by atoms with Crippen LogP contribution in [0, 0.1) is 0 Å². The van der Waals surface area contributed by atoms with Crippen LogP contribution in [0.5, 0.6) is 0 Å². The first kappa shape index (κ1) is 16.7. The zero-order valence-corrected chi connectivity index (χ0v) is 13.7. The molecule has 0 unspecified atom stereocenters. The van der Waals surface area contributed by atoms with Crippen molar-refractivity contribution in [3.05, 3.63) is 47.5 Å². The molecule has 0 aliphatic carbocycles. The lowest BCUT2D eigenvalue weighted by Gasteiger charge is -2.32. The van der Waals surface area contributed by atoms with E-state index in [2.05, 4.69) is 34.3 Å². The van der Waals surface area contributed by atoms with Gasteiger partial charge in [-0.15, -0.1) is 0 Å². The molecule has 1 aromatic carbocycles. The predicted octanol–water partition coefficient (Wildman–Crippen LogP) is 2.13. The van der Waals surface area contributed by atoms with Crippen molar-refractivity contribution < 1.29 is 4.79 Å². The van der Waals surface area contributed by atoms with Crippen molar-refractivity contribution in [2.45, 2.75) is 19.9 Å². The average molecular weight is 301 g/mol. The lowest BCUT2D eigenvalue weighted by molar-refractivity contribution is 0.0954. The summed E-state index contributed by atoms with van der Waals surface area (Å²) in [6, 6.07) is 7.99. The second kappa shape index (κ2) is 8.71. The Morgan fingerprint density at radius 2 is 2.05 bits per heavy atom. The van der Waals surface area contributed by atoms with Gasteiger partial charge in [-0.05, 0) is 38.1 Å². The van der Waals surface area contributed by atoms with E-state index in [-0.39, 0.29) is 5.91 Å². The maximum Gasteiger partial charge on any atom is 0.251 e. The van der Waals surface area contributed by atoms with Crippen molar-refractivity contribution in [1.29, 1.82) is 0 Å². The largest absolute Gasteiger partial charge is 0.352 e. The number of nitrogens with zero attached hydrogens (tertiary/aromatic N) is 2. The Morgan fingerprint density at radius 3 is 2.77 bits per heavy atom. The topological polar surface area (TPSA) is 35.6 Å². The molecule has 1 N–H and O–H groups in total. The van der Waals surface area contributed by atoms with Crippen LogP contribution >= 0.6 is 0 Å². The molecule has 0 spiro atoms. The number of rotatable bonds is 6. The Labute approximate surface area is 133 Å². The Bertz CT molecular complexity index is 505. The van der Waals surface area contributed by atoms with Gasteiger partial charge in [-0.1, -0.05) is 24.3 Å². The van der Waals surface area contributed by atoms with Gasteiger partial charge in [0.15, 0.2) is 0 Å². The third-order valence-electron chi connectivity index (χ3n) is 4.02. The number of nitrogens with one attached hydrogen (secondary N) is 1. The number of piperazine rings is 1. The van der Waals surface area contributed by atoms with Crippen LogP contribution in [0.2, 0.25) is 0 Å². The first-order valence-corrected chi connectivity index (χ1v) is 8.08. The maximum atomic E-state index is 12.1. The third kappa shape index (κ3) is 5.28. The van der Waals surface area contributed by atoms with Crippen LogP contribution in [-0.2, 0) is 6.54 Å².